The summed E-state index contributed by atoms with van der Waals surface area (Å²) in [5.74, 6) is -0.383. The highest BCUT2D eigenvalue weighted by Crippen LogP contribution is 2.20. The van der Waals surface area contributed by atoms with Crippen LogP contribution in [0.15, 0.2) is 27.4 Å². The number of rotatable bonds is 2. The quantitative estimate of drug-likeness (QED) is 0.728. The maximum Gasteiger partial charge on any atom is 0.420 e. The molecule has 0 atom stereocenters. The molecule has 19 heavy (non-hydrogen) atoms. The Kier molecular flexibility index (Phi) is 2.67. The van der Waals surface area contributed by atoms with Gasteiger partial charge in [-0.2, -0.15) is 0 Å². The van der Waals surface area contributed by atoms with E-state index in [-0.39, 0.29) is 5.76 Å². The van der Waals surface area contributed by atoms with Crippen LogP contribution < -0.4 is 11.5 Å². The molecule has 0 aliphatic heterocycles. The van der Waals surface area contributed by atoms with Crippen molar-refractivity contribution in [3.63, 3.8) is 0 Å². The lowest BCUT2D eigenvalue weighted by molar-refractivity contribution is 0.517. The summed E-state index contributed by atoms with van der Waals surface area (Å²) in [6.45, 7) is 4.39. The fourth-order valence-corrected chi connectivity index (χ4v) is 2.89. The van der Waals surface area contributed by atoms with Crippen molar-refractivity contribution in [1.29, 1.82) is 0 Å². The molecule has 0 bridgehead atoms. The van der Waals surface area contributed by atoms with E-state index in [9.17, 15) is 4.79 Å². The first-order valence-electron chi connectivity index (χ1n) is 5.86. The van der Waals surface area contributed by atoms with Crippen molar-refractivity contribution in [2.75, 3.05) is 5.73 Å². The molecule has 0 aliphatic rings. The van der Waals surface area contributed by atoms with Crippen LogP contribution in [0.2, 0.25) is 0 Å². The summed E-state index contributed by atoms with van der Waals surface area (Å²) >= 11 is 1.59. The van der Waals surface area contributed by atoms with Gasteiger partial charge in [-0.25, -0.2) is 9.78 Å². The van der Waals surface area contributed by atoms with E-state index in [1.54, 1.807) is 34.1 Å². The lowest BCUT2D eigenvalue weighted by atomic mass is 10.3. The molecular weight excluding hydrogens is 262 g/mol. The second-order valence-corrected chi connectivity index (χ2v) is 5.72. The average molecular weight is 275 g/mol. The van der Waals surface area contributed by atoms with E-state index < -0.39 is 0 Å². The summed E-state index contributed by atoms with van der Waals surface area (Å²) in [6.07, 6.45) is 0. The molecule has 5 nitrogen and oxygen atoms in total. The number of nitrogen functional groups attached to an aromatic ring is 1. The Labute approximate surface area is 113 Å². The third kappa shape index (κ3) is 2.04. The van der Waals surface area contributed by atoms with E-state index >= 15 is 0 Å². The molecule has 6 heteroatoms. The van der Waals surface area contributed by atoms with Crippen LogP contribution in [0, 0.1) is 13.8 Å². The Morgan fingerprint density at radius 3 is 2.89 bits per heavy atom. The Morgan fingerprint density at radius 1 is 1.42 bits per heavy atom. The largest absolute Gasteiger partial charge is 0.420 e. The molecule has 2 heterocycles. The van der Waals surface area contributed by atoms with Gasteiger partial charge in [0.2, 0.25) is 0 Å². The number of benzene rings is 1. The first kappa shape index (κ1) is 12.0. The predicted octanol–water partition coefficient (Wildman–Crippen LogP) is 2.30. The zero-order chi connectivity index (χ0) is 13.6. The van der Waals surface area contributed by atoms with Gasteiger partial charge in [0.1, 0.15) is 5.01 Å². The van der Waals surface area contributed by atoms with Crippen LogP contribution in [-0.2, 0) is 6.54 Å². The SMILES string of the molecule is Cc1nc(Cn2c(=O)oc3ccc(N)cc32)sc1C. The summed E-state index contributed by atoms with van der Waals surface area (Å²) < 4.78 is 6.75. The number of thiazole rings is 1. The number of aryl methyl sites for hydroxylation is 2. The minimum Gasteiger partial charge on any atom is -0.408 e. The third-order valence-corrected chi connectivity index (χ3v) is 4.12. The van der Waals surface area contributed by atoms with Gasteiger partial charge in [-0.3, -0.25) is 4.57 Å². The van der Waals surface area contributed by atoms with Crippen LogP contribution in [0.1, 0.15) is 15.6 Å². The normalized spacial score (nSPS) is 11.3. The highest BCUT2D eigenvalue weighted by molar-refractivity contribution is 7.11. The molecule has 0 aliphatic carbocycles. The minimum absolute atomic E-state index is 0.383. The zero-order valence-electron chi connectivity index (χ0n) is 10.6. The van der Waals surface area contributed by atoms with Crippen LogP contribution >= 0.6 is 11.3 Å². The second-order valence-electron chi connectivity index (χ2n) is 4.43. The molecule has 0 saturated carbocycles. The second kappa shape index (κ2) is 4.24. The van der Waals surface area contributed by atoms with Gasteiger partial charge >= 0.3 is 5.76 Å². The predicted molar refractivity (Wildman–Crippen MR) is 75.6 cm³/mol. The molecular formula is C13H13N3O2S. The lowest BCUT2D eigenvalue weighted by Gasteiger charge is -1.99. The number of oxazole rings is 1. The van der Waals surface area contributed by atoms with Crippen LogP contribution in [-0.4, -0.2) is 9.55 Å². The smallest absolute Gasteiger partial charge is 0.408 e. The number of hydrogen-bond donors (Lipinski definition) is 1. The van der Waals surface area contributed by atoms with Crippen molar-refractivity contribution in [3.05, 3.63) is 44.3 Å². The molecule has 3 aromatic rings. The number of nitrogens with zero attached hydrogens (tertiary/aromatic N) is 2. The highest BCUT2D eigenvalue weighted by atomic mass is 32.1. The van der Waals surface area contributed by atoms with Gasteiger partial charge in [-0.15, -0.1) is 11.3 Å². The van der Waals surface area contributed by atoms with Crippen molar-refractivity contribution >= 4 is 28.1 Å². The zero-order valence-corrected chi connectivity index (χ0v) is 11.5. The molecule has 1 aromatic carbocycles. The van der Waals surface area contributed by atoms with Gasteiger partial charge in [-0.1, -0.05) is 0 Å². The van der Waals surface area contributed by atoms with Crippen molar-refractivity contribution in [2.45, 2.75) is 20.4 Å². The fraction of sp³-hybridized carbons (Fsp3) is 0.231. The molecule has 0 fully saturated rings. The standard InChI is InChI=1S/C13H13N3O2S/c1-7-8(2)19-12(15-7)6-16-10-5-9(14)3-4-11(10)18-13(16)17/h3-5H,6,14H2,1-2H3. The van der Waals surface area contributed by atoms with Crippen LogP contribution in [0.3, 0.4) is 0 Å². The van der Waals surface area contributed by atoms with E-state index in [0.717, 1.165) is 15.6 Å². The van der Waals surface area contributed by atoms with Gasteiger partial charge in [0.05, 0.1) is 17.8 Å². The minimum atomic E-state index is -0.383. The Hall–Kier alpha value is -2.08. The third-order valence-electron chi connectivity index (χ3n) is 3.06. The molecule has 2 N–H and O–H groups in total. The molecule has 0 amide bonds. The van der Waals surface area contributed by atoms with Gasteiger partial charge in [0.25, 0.3) is 0 Å². The van der Waals surface area contributed by atoms with Gasteiger partial charge in [0.15, 0.2) is 5.58 Å². The van der Waals surface area contributed by atoms with Crippen LogP contribution in [0.4, 0.5) is 5.69 Å². The summed E-state index contributed by atoms with van der Waals surface area (Å²) in [7, 11) is 0. The van der Waals surface area contributed by atoms with Gasteiger partial charge in [0, 0.05) is 10.6 Å². The van der Waals surface area contributed by atoms with Crippen molar-refractivity contribution in [1.82, 2.24) is 9.55 Å². The molecule has 0 unspecified atom stereocenters. The van der Waals surface area contributed by atoms with E-state index in [1.165, 1.54) is 0 Å². The summed E-state index contributed by atoms with van der Waals surface area (Å²) in [5.41, 5.74) is 8.61. The maximum absolute atomic E-state index is 11.9. The summed E-state index contributed by atoms with van der Waals surface area (Å²) in [6, 6.07) is 5.17. The molecule has 98 valence electrons. The average Bonchev–Trinajstić information content (AvgIpc) is 2.82. The van der Waals surface area contributed by atoms with Crippen molar-refractivity contribution in [3.8, 4) is 0 Å². The fourth-order valence-electron chi connectivity index (χ4n) is 1.97. The van der Waals surface area contributed by atoms with E-state index in [4.69, 9.17) is 10.2 Å². The number of anilines is 1. The lowest BCUT2D eigenvalue weighted by Crippen LogP contribution is -2.14. The van der Waals surface area contributed by atoms with Gasteiger partial charge < -0.3 is 10.2 Å². The van der Waals surface area contributed by atoms with E-state index in [1.807, 2.05) is 13.8 Å². The Bertz CT molecular complexity index is 794. The summed E-state index contributed by atoms with van der Waals surface area (Å²) in [5, 5.41) is 0.891. The number of nitrogens with two attached hydrogens (primary N) is 1. The van der Waals surface area contributed by atoms with Crippen molar-refractivity contribution < 1.29 is 4.42 Å². The molecule has 3 rings (SSSR count). The Balaban J connectivity index is 2.11. The number of aromatic nitrogens is 2. The van der Waals surface area contributed by atoms with E-state index in [0.29, 0.717) is 23.3 Å². The highest BCUT2D eigenvalue weighted by Gasteiger charge is 2.12. The molecule has 0 radical (unpaired) electrons. The first-order valence-corrected chi connectivity index (χ1v) is 6.68. The molecule has 0 saturated heterocycles. The van der Waals surface area contributed by atoms with Crippen LogP contribution in [0.5, 0.6) is 0 Å². The molecule has 0 spiro atoms. The Morgan fingerprint density at radius 2 is 2.21 bits per heavy atom. The van der Waals surface area contributed by atoms with Gasteiger partial charge in [-0.05, 0) is 32.0 Å². The maximum atomic E-state index is 11.9. The van der Waals surface area contributed by atoms with Crippen LogP contribution in [0.25, 0.3) is 11.1 Å². The topological polar surface area (TPSA) is 74.0 Å². The summed E-state index contributed by atoms with van der Waals surface area (Å²) in [4.78, 5) is 17.5. The molecule has 2 aromatic heterocycles. The monoisotopic (exact) mass is 275 g/mol. The number of fused-ring (bicyclic) bond motifs is 1. The number of hydrogen-bond acceptors (Lipinski definition) is 5. The van der Waals surface area contributed by atoms with Crippen molar-refractivity contribution in [2.24, 2.45) is 0 Å². The first-order chi connectivity index (χ1) is 9.04. The van der Waals surface area contributed by atoms with E-state index in [2.05, 4.69) is 4.98 Å².